The van der Waals surface area contributed by atoms with Gasteiger partial charge in [-0.1, -0.05) is 42.6 Å². The summed E-state index contributed by atoms with van der Waals surface area (Å²) < 4.78 is 50.9. The maximum atomic E-state index is 15.8. The van der Waals surface area contributed by atoms with E-state index in [-0.39, 0.29) is 16.2 Å². The minimum Gasteiger partial charge on any atom is -0.462 e. The number of esters is 1. The molecule has 5 atom stereocenters. The van der Waals surface area contributed by atoms with Crippen molar-refractivity contribution in [2.24, 2.45) is 0 Å². The molecule has 0 spiro atoms. The highest BCUT2D eigenvalue weighted by Crippen LogP contribution is 2.45. The van der Waals surface area contributed by atoms with E-state index in [2.05, 4.69) is 10.4 Å². The van der Waals surface area contributed by atoms with Crippen molar-refractivity contribution in [3.8, 4) is 5.75 Å². The Kier molecular flexibility index (Phi) is 14.0. The van der Waals surface area contributed by atoms with Crippen LogP contribution in [-0.4, -0.2) is 85.2 Å². The largest absolute Gasteiger partial charge is 0.462 e. The number of carbonyl (C=O) groups excluding carboxylic acids is 1. The third-order valence-corrected chi connectivity index (χ3v) is 7.33. The molecule has 38 heavy (non-hydrogen) atoms. The zero-order valence-corrected chi connectivity index (χ0v) is 24.6. The summed E-state index contributed by atoms with van der Waals surface area (Å²) in [5.41, 5.74) is 0.937. The third kappa shape index (κ3) is 10.3. The van der Waals surface area contributed by atoms with Gasteiger partial charge in [0.1, 0.15) is 31.8 Å². The van der Waals surface area contributed by atoms with E-state index in [4.69, 9.17) is 50.8 Å². The van der Waals surface area contributed by atoms with Gasteiger partial charge in [0.05, 0.1) is 23.2 Å². The van der Waals surface area contributed by atoms with Gasteiger partial charge in [-0.3, -0.25) is 9.32 Å². The van der Waals surface area contributed by atoms with Crippen LogP contribution in [0.5, 0.6) is 5.75 Å². The second kappa shape index (κ2) is 15.6. The van der Waals surface area contributed by atoms with Gasteiger partial charge in [-0.05, 0) is 45.3 Å². The van der Waals surface area contributed by atoms with Crippen molar-refractivity contribution in [1.29, 1.82) is 0 Å². The van der Waals surface area contributed by atoms with E-state index in [0.717, 1.165) is 23.5 Å². The van der Waals surface area contributed by atoms with Crippen LogP contribution in [0.25, 0.3) is 0 Å². The van der Waals surface area contributed by atoms with Gasteiger partial charge in [-0.2, -0.15) is 5.09 Å². The number of halogens is 1. The molecule has 10 nitrogen and oxygen atoms in total. The van der Waals surface area contributed by atoms with Crippen molar-refractivity contribution in [2.45, 2.75) is 57.8 Å². The average Bonchev–Trinajstić information content (AvgIpc) is 2.86. The van der Waals surface area contributed by atoms with Crippen molar-refractivity contribution in [3.05, 3.63) is 42.0 Å². The quantitative estimate of drug-likeness (QED) is 0.0657. The smallest absolute Gasteiger partial charge is 0.459 e. The van der Waals surface area contributed by atoms with Crippen LogP contribution in [0, 0.1) is 0 Å². The highest BCUT2D eigenvalue weighted by molar-refractivity contribution is 7.81. The lowest BCUT2D eigenvalue weighted by Crippen LogP contribution is -2.55. The number of likely N-dealkylation sites (N-methyl/N-ethyl adjacent to an activating group) is 1. The van der Waals surface area contributed by atoms with E-state index in [1.807, 2.05) is 0 Å². The Hall–Kier alpha value is -1.93. The maximum Gasteiger partial charge on any atom is 0.459 e. The number of thiocarbonyl (C=S) groups is 2. The summed E-state index contributed by atoms with van der Waals surface area (Å²) in [5.74, 6) is -3.09. The predicted octanol–water partition coefficient (Wildman–Crippen LogP) is 3.00. The number of ether oxygens (including phenoxy) is 2. The molecule has 15 heteroatoms. The lowest BCUT2D eigenvalue weighted by molar-refractivity contribution is -0.149. The number of rotatable bonds is 16. The van der Waals surface area contributed by atoms with Crippen LogP contribution in [0.3, 0.4) is 0 Å². The Morgan fingerprint density at radius 2 is 1.92 bits per heavy atom. The second-order valence-corrected chi connectivity index (χ2v) is 10.8. The van der Waals surface area contributed by atoms with Gasteiger partial charge < -0.3 is 29.3 Å². The molecule has 5 unspecified atom stereocenters. The number of nitrogens with zero attached hydrogens (tertiary/aromatic N) is 1. The zero-order valence-electron chi connectivity index (χ0n) is 22.1. The number of alkyl halides is 1. The molecule has 0 saturated heterocycles. The second-order valence-electron chi connectivity index (χ2n) is 8.45. The summed E-state index contributed by atoms with van der Waals surface area (Å²) in [6.07, 6.45) is -2.56. The van der Waals surface area contributed by atoms with Crippen molar-refractivity contribution >= 4 is 56.5 Å². The number of hydrogen-bond donors (Lipinski definition) is 3. The summed E-state index contributed by atoms with van der Waals surface area (Å²) in [6, 6.07) is 6.97. The van der Waals surface area contributed by atoms with Gasteiger partial charge in [0.25, 0.3) is 0 Å². The molecule has 1 aromatic carbocycles. The number of nitrogens with one attached hydrogen (secondary N) is 2. The third-order valence-electron chi connectivity index (χ3n) is 5.02. The highest BCUT2D eigenvalue weighted by atomic mass is 32.1. The first-order valence-electron chi connectivity index (χ1n) is 11.5. The molecule has 3 N–H and O–H groups in total. The molecular weight excluding hydrogens is 555 g/mol. The van der Waals surface area contributed by atoms with Crippen LogP contribution < -0.4 is 14.9 Å². The normalized spacial score (nSPS) is 17.3. The van der Waals surface area contributed by atoms with Gasteiger partial charge >= 0.3 is 13.7 Å². The van der Waals surface area contributed by atoms with E-state index < -0.39 is 50.5 Å². The molecule has 0 aliphatic heterocycles. The zero-order chi connectivity index (χ0) is 29.1. The van der Waals surface area contributed by atoms with Gasteiger partial charge in [-0.15, -0.1) is 0 Å². The first-order valence-corrected chi connectivity index (χ1v) is 13.9. The summed E-state index contributed by atoms with van der Waals surface area (Å²) in [6.45, 7) is 5.18. The monoisotopic (exact) mass is 589 g/mol. The molecule has 1 rings (SSSR count). The minimum absolute atomic E-state index is 0.00266. The Balaban J connectivity index is 3.17. The lowest BCUT2D eigenvalue weighted by atomic mass is 9.95. The fourth-order valence-corrected chi connectivity index (χ4v) is 4.72. The minimum atomic E-state index is -4.29. The van der Waals surface area contributed by atoms with Crippen molar-refractivity contribution in [2.75, 3.05) is 20.8 Å². The summed E-state index contributed by atoms with van der Waals surface area (Å²) in [5, 5.41) is 16.0. The summed E-state index contributed by atoms with van der Waals surface area (Å²) in [7, 11) is 4.30. The molecule has 0 saturated carbocycles. The molecule has 0 bridgehead atoms. The Morgan fingerprint density at radius 1 is 1.32 bits per heavy atom. The lowest BCUT2D eigenvalue weighted by Gasteiger charge is -2.38. The van der Waals surface area contributed by atoms with Crippen LogP contribution in [0.2, 0.25) is 0 Å². The predicted molar refractivity (Wildman–Crippen MR) is 152 cm³/mol. The molecule has 0 aliphatic rings. The topological polar surface area (TPSA) is 119 Å². The maximum absolute atomic E-state index is 15.8. The number of methoxy groups -OCH3 is 1. The Bertz CT molecular complexity index is 1020. The molecule has 0 aromatic heterocycles. The van der Waals surface area contributed by atoms with Gasteiger partial charge in [0.15, 0.2) is 0 Å². The average molecular weight is 589 g/mol. The van der Waals surface area contributed by atoms with Crippen LogP contribution in [0.4, 0.5) is 4.39 Å². The molecule has 0 amide bonds. The standard InChI is InChI=1S/C23H34BFN3O7PS2/c1-15(2)34-22(30)16(3)27-36(31,35-17-10-8-7-9-11-17)33-13-19(32-6)20(29)23(4,25)28(14-37)12-18(24)21(38)26-5/h7-12,14-16,19-20,29H,13H2,1-6H3,(H,26,38)(H,27,31)/b18-12+. The fourth-order valence-electron chi connectivity index (χ4n) is 2.90. The fraction of sp³-hybridized carbons (Fsp3) is 0.522. The van der Waals surface area contributed by atoms with Crippen LogP contribution in [-0.2, 0) is 23.4 Å². The molecular formula is C23H34BFN3O7PS2. The van der Waals surface area contributed by atoms with E-state index in [1.165, 1.54) is 26.2 Å². The van der Waals surface area contributed by atoms with Gasteiger partial charge in [0, 0.05) is 20.4 Å². The van der Waals surface area contributed by atoms with Crippen molar-refractivity contribution in [3.63, 3.8) is 0 Å². The molecule has 210 valence electrons. The molecule has 0 heterocycles. The van der Waals surface area contributed by atoms with E-state index in [0.29, 0.717) is 0 Å². The van der Waals surface area contributed by atoms with Crippen molar-refractivity contribution in [1.82, 2.24) is 15.3 Å². The number of carbonyl (C=O) groups is 1. The molecule has 0 fully saturated rings. The van der Waals surface area contributed by atoms with Crippen LogP contribution in [0.1, 0.15) is 27.7 Å². The number of aliphatic hydroxyl groups is 1. The first-order chi connectivity index (χ1) is 17.7. The number of para-hydroxylation sites is 1. The number of benzene rings is 1. The van der Waals surface area contributed by atoms with Crippen molar-refractivity contribution < 1.29 is 37.4 Å². The molecule has 1 aromatic rings. The number of aliphatic hydroxyl groups excluding tert-OH is 1. The SMILES string of the molecule is [B]/C(=C/N(C=S)C(C)(F)C(O)C(COP(=O)(NC(C)C(=O)OC(C)C)Oc1ccccc1)OC)C(=S)NC. The Labute approximate surface area is 235 Å². The van der Waals surface area contributed by atoms with E-state index in [1.54, 1.807) is 39.1 Å². The van der Waals surface area contributed by atoms with Gasteiger partial charge in [0.2, 0.25) is 5.79 Å². The Morgan fingerprint density at radius 3 is 2.42 bits per heavy atom. The molecule has 0 aliphatic carbocycles. The molecule has 2 radical (unpaired) electrons. The van der Waals surface area contributed by atoms with Gasteiger partial charge in [-0.25, -0.2) is 8.96 Å². The first kappa shape index (κ1) is 34.1. The van der Waals surface area contributed by atoms with E-state index >= 15 is 4.39 Å². The van der Waals surface area contributed by atoms with E-state index in [9.17, 15) is 14.5 Å². The van der Waals surface area contributed by atoms with Crippen LogP contribution in [0.15, 0.2) is 42.0 Å². The summed E-state index contributed by atoms with van der Waals surface area (Å²) >= 11 is 9.92. The number of hydrogen-bond acceptors (Lipinski definition) is 9. The highest BCUT2D eigenvalue weighted by Gasteiger charge is 2.44. The summed E-state index contributed by atoms with van der Waals surface area (Å²) in [4.78, 5) is 13.3. The van der Waals surface area contributed by atoms with Crippen LogP contribution >= 0.6 is 32.2 Å².